The van der Waals surface area contributed by atoms with Crippen molar-refractivity contribution < 1.29 is 19.4 Å². The summed E-state index contributed by atoms with van der Waals surface area (Å²) in [7, 11) is 0. The predicted molar refractivity (Wildman–Crippen MR) is 181 cm³/mol. The number of esters is 1. The maximum Gasteiger partial charge on any atom is 0.307 e. The van der Waals surface area contributed by atoms with Gasteiger partial charge in [-0.15, -0.1) is 0 Å². The van der Waals surface area contributed by atoms with Crippen molar-refractivity contribution in [3.8, 4) is 0 Å². The van der Waals surface area contributed by atoms with Crippen LogP contribution in [0.5, 0.6) is 0 Å². The maximum absolute atomic E-state index is 12.3. The summed E-state index contributed by atoms with van der Waals surface area (Å²) in [6.07, 6.45) is 45.2. The first-order valence-corrected chi connectivity index (χ1v) is 17.3. The summed E-state index contributed by atoms with van der Waals surface area (Å²) in [5.41, 5.74) is 0. The Bertz CT molecular complexity index is 759. The molecular formula is C38H64O4. The number of carboxylic acid groups (broad SMARTS) is 1. The van der Waals surface area contributed by atoms with Crippen molar-refractivity contribution in [3.63, 3.8) is 0 Å². The van der Waals surface area contributed by atoms with E-state index in [9.17, 15) is 14.7 Å². The molecule has 0 aliphatic heterocycles. The molecule has 0 saturated carbocycles. The molecule has 0 fully saturated rings. The lowest BCUT2D eigenvalue weighted by molar-refractivity contribution is -0.153. The average molecular weight is 585 g/mol. The van der Waals surface area contributed by atoms with Crippen molar-refractivity contribution in [2.45, 2.75) is 168 Å². The second-order valence-electron chi connectivity index (χ2n) is 11.3. The van der Waals surface area contributed by atoms with Crippen molar-refractivity contribution in [3.05, 3.63) is 60.8 Å². The highest BCUT2D eigenvalue weighted by molar-refractivity contribution is 5.71. The summed E-state index contributed by atoms with van der Waals surface area (Å²) >= 11 is 0. The van der Waals surface area contributed by atoms with Gasteiger partial charge in [-0.1, -0.05) is 145 Å². The average Bonchev–Trinajstić information content (AvgIpc) is 2.96. The van der Waals surface area contributed by atoms with Crippen LogP contribution in [0, 0.1) is 0 Å². The van der Waals surface area contributed by atoms with E-state index < -0.39 is 12.1 Å². The third-order valence-corrected chi connectivity index (χ3v) is 7.24. The zero-order chi connectivity index (χ0) is 30.8. The molecule has 1 unspecified atom stereocenters. The number of allylic oxidation sites excluding steroid dienone is 10. The number of ether oxygens (including phenoxy) is 1. The van der Waals surface area contributed by atoms with Crippen LogP contribution < -0.4 is 0 Å². The Balaban J connectivity index is 3.79. The van der Waals surface area contributed by atoms with Gasteiger partial charge in [0.15, 0.2) is 0 Å². The lowest BCUT2D eigenvalue weighted by atomic mass is 10.0. The molecule has 0 rings (SSSR count). The Hall–Kier alpha value is -2.36. The van der Waals surface area contributed by atoms with Crippen LogP contribution in [0.2, 0.25) is 0 Å². The second-order valence-corrected chi connectivity index (χ2v) is 11.3. The molecule has 0 aromatic heterocycles. The van der Waals surface area contributed by atoms with Crippen LogP contribution in [0.25, 0.3) is 0 Å². The number of hydrogen-bond donors (Lipinski definition) is 1. The molecule has 240 valence electrons. The van der Waals surface area contributed by atoms with E-state index in [0.717, 1.165) is 70.6 Å². The Kier molecular flexibility index (Phi) is 31.3. The molecule has 1 atom stereocenters. The molecule has 0 heterocycles. The van der Waals surface area contributed by atoms with Gasteiger partial charge in [-0.05, 0) is 64.2 Å². The third kappa shape index (κ3) is 32.2. The van der Waals surface area contributed by atoms with Crippen LogP contribution in [0.15, 0.2) is 60.8 Å². The van der Waals surface area contributed by atoms with Crippen LogP contribution >= 0.6 is 0 Å². The summed E-state index contributed by atoms with van der Waals surface area (Å²) in [4.78, 5) is 23.5. The highest BCUT2D eigenvalue weighted by Gasteiger charge is 2.17. The summed E-state index contributed by atoms with van der Waals surface area (Å²) in [6.45, 7) is 4.40. The highest BCUT2D eigenvalue weighted by Crippen LogP contribution is 2.16. The zero-order valence-corrected chi connectivity index (χ0v) is 27.3. The Morgan fingerprint density at radius 1 is 0.571 bits per heavy atom. The first-order chi connectivity index (χ1) is 20.6. The molecule has 42 heavy (non-hydrogen) atoms. The zero-order valence-electron chi connectivity index (χ0n) is 27.3. The fourth-order valence-electron chi connectivity index (χ4n) is 4.76. The normalized spacial score (nSPS) is 13.0. The van der Waals surface area contributed by atoms with E-state index in [4.69, 9.17) is 4.74 Å². The maximum atomic E-state index is 12.3. The number of aliphatic carboxylic acids is 1. The van der Waals surface area contributed by atoms with Gasteiger partial charge in [-0.3, -0.25) is 9.59 Å². The van der Waals surface area contributed by atoms with E-state index in [1.807, 2.05) is 0 Å². The molecule has 0 aromatic rings. The number of unbranched alkanes of at least 4 members (excludes halogenated alkanes) is 13. The van der Waals surface area contributed by atoms with Crippen molar-refractivity contribution in [1.29, 1.82) is 0 Å². The topological polar surface area (TPSA) is 63.6 Å². The molecule has 4 heteroatoms. The molecule has 0 amide bonds. The fourth-order valence-corrected chi connectivity index (χ4v) is 4.76. The van der Waals surface area contributed by atoms with Gasteiger partial charge >= 0.3 is 11.9 Å². The third-order valence-electron chi connectivity index (χ3n) is 7.24. The van der Waals surface area contributed by atoms with Gasteiger partial charge in [0.25, 0.3) is 0 Å². The molecule has 0 aliphatic rings. The summed E-state index contributed by atoms with van der Waals surface area (Å²) in [6, 6.07) is 0. The number of hydrogen-bond acceptors (Lipinski definition) is 3. The van der Waals surface area contributed by atoms with Crippen LogP contribution in [0.1, 0.15) is 162 Å². The lowest BCUT2D eigenvalue weighted by Crippen LogP contribution is -2.21. The Labute approximate surface area is 259 Å². The molecule has 0 aromatic carbocycles. The van der Waals surface area contributed by atoms with Crippen molar-refractivity contribution in [2.24, 2.45) is 0 Å². The highest BCUT2D eigenvalue weighted by atomic mass is 16.5. The van der Waals surface area contributed by atoms with E-state index in [1.54, 1.807) is 0 Å². The van der Waals surface area contributed by atoms with Gasteiger partial charge < -0.3 is 9.84 Å². The van der Waals surface area contributed by atoms with Crippen molar-refractivity contribution >= 4 is 11.9 Å². The van der Waals surface area contributed by atoms with E-state index >= 15 is 0 Å². The van der Waals surface area contributed by atoms with Gasteiger partial charge in [0.05, 0.1) is 6.42 Å². The minimum atomic E-state index is -0.895. The largest absolute Gasteiger partial charge is 0.481 e. The molecule has 0 bridgehead atoms. The van der Waals surface area contributed by atoms with E-state index in [0.29, 0.717) is 12.8 Å². The molecule has 4 nitrogen and oxygen atoms in total. The summed E-state index contributed by atoms with van der Waals surface area (Å²) < 4.78 is 5.54. The molecule has 0 aliphatic carbocycles. The predicted octanol–water partition coefficient (Wildman–Crippen LogP) is 11.8. The minimum Gasteiger partial charge on any atom is -0.481 e. The molecule has 0 radical (unpaired) electrons. The molecule has 0 spiro atoms. The Morgan fingerprint density at radius 3 is 1.52 bits per heavy atom. The fraction of sp³-hybridized carbons (Fsp3) is 0.684. The Morgan fingerprint density at radius 2 is 1.02 bits per heavy atom. The van der Waals surface area contributed by atoms with Gasteiger partial charge in [0.2, 0.25) is 0 Å². The van der Waals surface area contributed by atoms with E-state index in [-0.39, 0.29) is 12.4 Å². The smallest absolute Gasteiger partial charge is 0.307 e. The number of carbonyl (C=O) groups is 2. The first kappa shape index (κ1) is 39.6. The number of carbonyl (C=O) groups excluding carboxylic acids is 1. The van der Waals surface area contributed by atoms with Gasteiger partial charge in [0, 0.05) is 6.42 Å². The minimum absolute atomic E-state index is 0.0897. The quantitative estimate of drug-likeness (QED) is 0.0518. The van der Waals surface area contributed by atoms with Crippen LogP contribution in [-0.4, -0.2) is 23.1 Å². The lowest BCUT2D eigenvalue weighted by Gasteiger charge is -2.16. The van der Waals surface area contributed by atoms with Gasteiger partial charge in [0.1, 0.15) is 6.10 Å². The number of rotatable bonds is 30. The standard InChI is InChI=1S/C38H64O4/c1-3-5-7-9-11-13-15-16-17-18-19-20-21-22-24-26-28-30-32-34-38(41)42-36(35-37(39)40)33-31-29-27-25-23-14-12-10-8-6-4-2/h5,7,11,13,16-17,19-20,22,24,36H,3-4,6,8-10,12,14-15,18,21,23,25-35H2,1-2H3,(H,39,40)/b7-5-,13-11-,17-16-,20-19-,24-22-. The number of carboxylic acids is 1. The van der Waals surface area contributed by atoms with Gasteiger partial charge in [-0.2, -0.15) is 0 Å². The molecular weight excluding hydrogens is 520 g/mol. The monoisotopic (exact) mass is 584 g/mol. The van der Waals surface area contributed by atoms with Crippen LogP contribution in [0.4, 0.5) is 0 Å². The van der Waals surface area contributed by atoms with Crippen LogP contribution in [0.3, 0.4) is 0 Å². The first-order valence-electron chi connectivity index (χ1n) is 17.3. The summed E-state index contributed by atoms with van der Waals surface area (Å²) in [5.74, 6) is -1.15. The van der Waals surface area contributed by atoms with E-state index in [2.05, 4.69) is 74.6 Å². The molecule has 1 N–H and O–H groups in total. The van der Waals surface area contributed by atoms with Crippen molar-refractivity contribution in [1.82, 2.24) is 0 Å². The van der Waals surface area contributed by atoms with Crippen LogP contribution in [-0.2, 0) is 14.3 Å². The van der Waals surface area contributed by atoms with Crippen molar-refractivity contribution in [2.75, 3.05) is 0 Å². The van der Waals surface area contributed by atoms with Gasteiger partial charge in [-0.25, -0.2) is 0 Å². The second kappa shape index (κ2) is 33.1. The van der Waals surface area contributed by atoms with E-state index in [1.165, 1.54) is 57.8 Å². The SMILES string of the molecule is CC/C=C\C/C=C\C/C=C\C/C=C\C/C=C\CCCCCC(=O)OC(CCCCCCCCCCCCC)CC(=O)O. The molecule has 0 saturated heterocycles. The summed E-state index contributed by atoms with van der Waals surface area (Å²) in [5, 5.41) is 9.21.